The topological polar surface area (TPSA) is 67.9 Å². The summed E-state index contributed by atoms with van der Waals surface area (Å²) in [5.74, 6) is -0.330. The molecule has 0 aliphatic heterocycles. The monoisotopic (exact) mass is 215 g/mol. The van der Waals surface area contributed by atoms with Crippen LogP contribution < -0.4 is 0 Å². The molecule has 1 aromatic carbocycles. The van der Waals surface area contributed by atoms with Crippen LogP contribution in [0.5, 0.6) is 0 Å². The Bertz CT molecular complexity index is 580. The molecule has 0 unspecified atom stereocenters. The maximum absolute atomic E-state index is 11.1. The van der Waals surface area contributed by atoms with Gasteiger partial charge in [-0.15, -0.1) is 0 Å². The molecule has 0 spiro atoms. The fourth-order valence-corrected chi connectivity index (χ4v) is 1.46. The smallest absolute Gasteiger partial charge is 0.325 e. The lowest BCUT2D eigenvalue weighted by molar-refractivity contribution is -0.141. The summed E-state index contributed by atoms with van der Waals surface area (Å²) in [5, 5.41) is 8.73. The van der Waals surface area contributed by atoms with E-state index in [1.807, 2.05) is 6.07 Å². The quantitative estimate of drug-likeness (QED) is 0.703. The number of benzene rings is 1. The van der Waals surface area contributed by atoms with Crippen LogP contribution >= 0.6 is 0 Å². The summed E-state index contributed by atoms with van der Waals surface area (Å²) < 4.78 is 6.26. The minimum absolute atomic E-state index is 0.124. The maximum Gasteiger partial charge on any atom is 0.325 e. The maximum atomic E-state index is 11.1. The van der Waals surface area contributed by atoms with Crippen molar-refractivity contribution >= 4 is 17.0 Å². The third-order valence-corrected chi connectivity index (χ3v) is 2.28. The Balaban J connectivity index is 2.42. The summed E-state index contributed by atoms with van der Waals surface area (Å²) in [4.78, 5) is 15.2. The largest absolute Gasteiger partial charge is 0.468 e. The molecule has 0 atom stereocenters. The Hall–Kier alpha value is -2.35. The molecule has 0 radical (unpaired) electrons. The van der Waals surface area contributed by atoms with Crippen LogP contribution in [0.1, 0.15) is 5.56 Å². The van der Waals surface area contributed by atoms with Gasteiger partial charge in [0.25, 0.3) is 0 Å². The van der Waals surface area contributed by atoms with Crippen molar-refractivity contribution in [2.24, 2.45) is 0 Å². The van der Waals surface area contributed by atoms with Crippen molar-refractivity contribution in [3.63, 3.8) is 0 Å². The first-order valence-corrected chi connectivity index (χ1v) is 4.66. The van der Waals surface area contributed by atoms with E-state index < -0.39 is 0 Å². The number of methoxy groups -OCH3 is 1. The highest BCUT2D eigenvalue weighted by Crippen LogP contribution is 2.14. The van der Waals surface area contributed by atoms with E-state index in [1.165, 1.54) is 7.11 Å². The number of aromatic nitrogens is 2. The first-order valence-electron chi connectivity index (χ1n) is 4.66. The number of esters is 1. The fourth-order valence-electron chi connectivity index (χ4n) is 1.46. The van der Waals surface area contributed by atoms with E-state index in [9.17, 15) is 4.79 Å². The number of hydrogen-bond acceptors (Lipinski definition) is 4. The van der Waals surface area contributed by atoms with Crippen LogP contribution in [0, 0.1) is 11.3 Å². The average molecular weight is 215 g/mol. The number of nitrogens with zero attached hydrogens (tertiary/aromatic N) is 3. The molecular weight excluding hydrogens is 206 g/mol. The molecule has 5 heteroatoms. The molecular formula is C11H9N3O2. The zero-order valence-corrected chi connectivity index (χ0v) is 8.67. The van der Waals surface area contributed by atoms with Crippen LogP contribution in [-0.4, -0.2) is 22.6 Å². The Labute approximate surface area is 91.9 Å². The molecule has 0 amide bonds. The average Bonchev–Trinajstić information content (AvgIpc) is 2.71. The second-order valence-corrected chi connectivity index (χ2v) is 3.26. The van der Waals surface area contributed by atoms with E-state index in [-0.39, 0.29) is 12.5 Å². The van der Waals surface area contributed by atoms with Gasteiger partial charge in [0.15, 0.2) is 0 Å². The predicted molar refractivity (Wildman–Crippen MR) is 56.5 cm³/mol. The van der Waals surface area contributed by atoms with Crippen LogP contribution in [0.2, 0.25) is 0 Å². The number of rotatable bonds is 2. The van der Waals surface area contributed by atoms with Crippen molar-refractivity contribution in [2.75, 3.05) is 7.11 Å². The standard InChI is InChI=1S/C11H9N3O2/c1-16-11(15)6-14-7-13-9-4-8(5-12)2-3-10(9)14/h2-4,7H,6H2,1H3. The lowest BCUT2D eigenvalue weighted by Crippen LogP contribution is -2.10. The lowest BCUT2D eigenvalue weighted by Gasteiger charge is -2.01. The second kappa shape index (κ2) is 4.03. The number of hydrogen-bond donors (Lipinski definition) is 0. The number of ether oxygens (including phenoxy) is 1. The van der Waals surface area contributed by atoms with E-state index in [0.29, 0.717) is 11.1 Å². The molecule has 1 aromatic heterocycles. The van der Waals surface area contributed by atoms with Crippen LogP contribution in [0.3, 0.4) is 0 Å². The predicted octanol–water partition coefficient (Wildman–Crippen LogP) is 1.08. The molecule has 0 aliphatic rings. The third kappa shape index (κ3) is 1.73. The van der Waals surface area contributed by atoms with E-state index in [0.717, 1.165) is 5.52 Å². The molecule has 2 aromatic rings. The van der Waals surface area contributed by atoms with Gasteiger partial charge in [0, 0.05) is 0 Å². The van der Waals surface area contributed by atoms with Crippen molar-refractivity contribution in [2.45, 2.75) is 6.54 Å². The number of nitriles is 1. The molecule has 80 valence electrons. The van der Waals surface area contributed by atoms with Gasteiger partial charge in [0.2, 0.25) is 0 Å². The van der Waals surface area contributed by atoms with Gasteiger partial charge in [-0.05, 0) is 18.2 Å². The molecule has 0 bridgehead atoms. The molecule has 1 heterocycles. The number of fused-ring (bicyclic) bond motifs is 1. The SMILES string of the molecule is COC(=O)Cn1cnc2cc(C#N)ccc21. The second-order valence-electron chi connectivity index (χ2n) is 3.26. The van der Waals surface area contributed by atoms with Crippen LogP contribution in [-0.2, 0) is 16.1 Å². The summed E-state index contributed by atoms with van der Waals surface area (Å²) in [6.07, 6.45) is 1.56. The van der Waals surface area contributed by atoms with Gasteiger partial charge in [0.1, 0.15) is 6.54 Å². The number of carbonyl (C=O) groups is 1. The third-order valence-electron chi connectivity index (χ3n) is 2.28. The van der Waals surface area contributed by atoms with E-state index in [4.69, 9.17) is 5.26 Å². The Kier molecular flexibility index (Phi) is 2.56. The normalized spacial score (nSPS) is 10.0. The minimum atomic E-state index is -0.330. The molecule has 16 heavy (non-hydrogen) atoms. The summed E-state index contributed by atoms with van der Waals surface area (Å²) in [5.41, 5.74) is 2.06. The zero-order chi connectivity index (χ0) is 11.5. The number of carbonyl (C=O) groups excluding carboxylic acids is 1. The summed E-state index contributed by atoms with van der Waals surface area (Å²) >= 11 is 0. The van der Waals surface area contributed by atoms with Crippen molar-refractivity contribution in [3.8, 4) is 6.07 Å². The first-order chi connectivity index (χ1) is 7.74. The summed E-state index contributed by atoms with van der Waals surface area (Å²) in [6, 6.07) is 7.18. The first kappa shape index (κ1) is 10.2. The van der Waals surface area contributed by atoms with Crippen LogP contribution in [0.4, 0.5) is 0 Å². The number of imidazole rings is 1. The molecule has 0 saturated carbocycles. The highest BCUT2D eigenvalue weighted by atomic mass is 16.5. The summed E-state index contributed by atoms with van der Waals surface area (Å²) in [7, 11) is 1.34. The van der Waals surface area contributed by atoms with Gasteiger partial charge in [-0.25, -0.2) is 4.98 Å². The van der Waals surface area contributed by atoms with Crippen molar-refractivity contribution < 1.29 is 9.53 Å². The zero-order valence-electron chi connectivity index (χ0n) is 8.67. The molecule has 0 N–H and O–H groups in total. The molecule has 5 nitrogen and oxygen atoms in total. The Morgan fingerprint density at radius 1 is 1.62 bits per heavy atom. The van der Waals surface area contributed by atoms with Crippen LogP contribution in [0.25, 0.3) is 11.0 Å². The van der Waals surface area contributed by atoms with Crippen molar-refractivity contribution in [3.05, 3.63) is 30.1 Å². The van der Waals surface area contributed by atoms with E-state index in [1.54, 1.807) is 29.1 Å². The molecule has 2 rings (SSSR count). The Morgan fingerprint density at radius 3 is 3.12 bits per heavy atom. The van der Waals surface area contributed by atoms with Gasteiger partial charge in [-0.3, -0.25) is 4.79 Å². The molecule has 0 fully saturated rings. The highest BCUT2D eigenvalue weighted by Gasteiger charge is 2.07. The summed E-state index contributed by atoms with van der Waals surface area (Å²) in [6.45, 7) is 0.124. The lowest BCUT2D eigenvalue weighted by atomic mass is 10.2. The van der Waals surface area contributed by atoms with Gasteiger partial charge < -0.3 is 9.30 Å². The Morgan fingerprint density at radius 2 is 2.44 bits per heavy atom. The van der Waals surface area contributed by atoms with Crippen LogP contribution in [0.15, 0.2) is 24.5 Å². The van der Waals surface area contributed by atoms with Gasteiger partial charge in [-0.2, -0.15) is 5.26 Å². The molecule has 0 saturated heterocycles. The molecule has 0 aliphatic carbocycles. The van der Waals surface area contributed by atoms with Gasteiger partial charge in [-0.1, -0.05) is 0 Å². The van der Waals surface area contributed by atoms with E-state index in [2.05, 4.69) is 9.72 Å². The van der Waals surface area contributed by atoms with Gasteiger partial charge in [0.05, 0.1) is 36.1 Å². The fraction of sp³-hybridized carbons (Fsp3) is 0.182. The van der Waals surface area contributed by atoms with Crippen molar-refractivity contribution in [1.29, 1.82) is 5.26 Å². The van der Waals surface area contributed by atoms with Gasteiger partial charge >= 0.3 is 5.97 Å². The highest BCUT2D eigenvalue weighted by molar-refractivity contribution is 5.79. The minimum Gasteiger partial charge on any atom is -0.468 e. The van der Waals surface area contributed by atoms with Crippen molar-refractivity contribution in [1.82, 2.24) is 9.55 Å². The van der Waals surface area contributed by atoms with E-state index >= 15 is 0 Å².